The predicted octanol–water partition coefficient (Wildman–Crippen LogP) is 3.50. The standard InChI is InChI=1S/C15H20BrN3/c16-11-5-6-14(12(9-11)15(17)18)19-8-7-10-3-1-2-4-13(10)19/h5-6,9-10,13H,1-4,7-8H2,(H3,17,18). The maximum Gasteiger partial charge on any atom is 0.124 e. The average Bonchev–Trinajstić information content (AvgIpc) is 2.82. The third kappa shape index (κ3) is 2.38. The van der Waals surface area contributed by atoms with Crippen molar-refractivity contribution in [2.75, 3.05) is 11.4 Å². The van der Waals surface area contributed by atoms with Crippen LogP contribution < -0.4 is 10.6 Å². The van der Waals surface area contributed by atoms with Gasteiger partial charge in [0.15, 0.2) is 0 Å². The van der Waals surface area contributed by atoms with Crippen molar-refractivity contribution in [3.63, 3.8) is 0 Å². The highest BCUT2D eigenvalue weighted by Crippen LogP contribution is 2.40. The number of hydrogen-bond acceptors (Lipinski definition) is 2. The molecule has 1 aromatic carbocycles. The Morgan fingerprint density at radius 1 is 1.26 bits per heavy atom. The first-order chi connectivity index (χ1) is 9.16. The first-order valence-electron chi connectivity index (χ1n) is 7.07. The minimum absolute atomic E-state index is 0.163. The van der Waals surface area contributed by atoms with Gasteiger partial charge in [-0.05, 0) is 43.4 Å². The van der Waals surface area contributed by atoms with Gasteiger partial charge < -0.3 is 10.6 Å². The van der Waals surface area contributed by atoms with Crippen LogP contribution in [0.5, 0.6) is 0 Å². The average molecular weight is 322 g/mol. The Morgan fingerprint density at radius 3 is 2.84 bits per heavy atom. The van der Waals surface area contributed by atoms with E-state index in [1.54, 1.807) is 0 Å². The quantitative estimate of drug-likeness (QED) is 0.647. The Labute approximate surface area is 122 Å². The van der Waals surface area contributed by atoms with Crippen LogP contribution in [-0.4, -0.2) is 18.4 Å². The summed E-state index contributed by atoms with van der Waals surface area (Å²) in [6.07, 6.45) is 6.67. The fourth-order valence-electron chi connectivity index (χ4n) is 3.68. The lowest BCUT2D eigenvalue weighted by molar-refractivity contribution is 0.342. The Morgan fingerprint density at radius 2 is 2.05 bits per heavy atom. The second kappa shape index (κ2) is 5.16. The zero-order chi connectivity index (χ0) is 13.4. The molecule has 1 saturated carbocycles. The van der Waals surface area contributed by atoms with E-state index in [-0.39, 0.29) is 5.84 Å². The molecule has 0 aromatic heterocycles. The number of anilines is 1. The molecule has 19 heavy (non-hydrogen) atoms. The Balaban J connectivity index is 1.95. The van der Waals surface area contributed by atoms with Gasteiger partial charge in [-0.1, -0.05) is 28.8 Å². The molecule has 3 rings (SSSR count). The highest BCUT2D eigenvalue weighted by molar-refractivity contribution is 9.10. The van der Waals surface area contributed by atoms with Crippen LogP contribution in [0.4, 0.5) is 5.69 Å². The van der Waals surface area contributed by atoms with E-state index >= 15 is 0 Å². The largest absolute Gasteiger partial charge is 0.384 e. The van der Waals surface area contributed by atoms with Crippen LogP contribution in [0.25, 0.3) is 0 Å². The van der Waals surface area contributed by atoms with E-state index in [1.165, 1.54) is 32.1 Å². The Hall–Kier alpha value is -1.03. The maximum absolute atomic E-state index is 7.80. The van der Waals surface area contributed by atoms with Crippen molar-refractivity contribution in [3.05, 3.63) is 28.2 Å². The van der Waals surface area contributed by atoms with E-state index in [0.717, 1.165) is 28.2 Å². The van der Waals surface area contributed by atoms with E-state index in [0.29, 0.717) is 6.04 Å². The van der Waals surface area contributed by atoms with Gasteiger partial charge in [0.05, 0.1) is 0 Å². The fourth-order valence-corrected chi connectivity index (χ4v) is 4.04. The monoisotopic (exact) mass is 321 g/mol. The summed E-state index contributed by atoms with van der Waals surface area (Å²) in [4.78, 5) is 2.49. The number of nitrogens with one attached hydrogen (secondary N) is 1. The normalized spacial score (nSPS) is 26.3. The van der Waals surface area contributed by atoms with Gasteiger partial charge in [0, 0.05) is 28.3 Å². The summed E-state index contributed by atoms with van der Waals surface area (Å²) in [6, 6.07) is 6.79. The number of fused-ring (bicyclic) bond motifs is 1. The molecule has 0 bridgehead atoms. The van der Waals surface area contributed by atoms with Gasteiger partial charge in [0.1, 0.15) is 5.84 Å². The molecule has 1 saturated heterocycles. The summed E-state index contributed by atoms with van der Waals surface area (Å²) in [5.74, 6) is 1.01. The fraction of sp³-hybridized carbons (Fsp3) is 0.533. The lowest BCUT2D eigenvalue weighted by Crippen LogP contribution is -2.36. The summed E-state index contributed by atoms with van der Waals surface area (Å²) in [5, 5.41) is 7.80. The summed E-state index contributed by atoms with van der Waals surface area (Å²) in [5.41, 5.74) is 7.76. The topological polar surface area (TPSA) is 53.1 Å². The second-order valence-electron chi connectivity index (χ2n) is 5.67. The van der Waals surface area contributed by atoms with E-state index in [2.05, 4.69) is 33.0 Å². The summed E-state index contributed by atoms with van der Waals surface area (Å²) in [7, 11) is 0. The lowest BCUT2D eigenvalue weighted by atomic mass is 9.85. The molecule has 3 nitrogen and oxygen atoms in total. The van der Waals surface area contributed by atoms with Crippen LogP contribution in [0.2, 0.25) is 0 Å². The van der Waals surface area contributed by atoms with E-state index in [9.17, 15) is 0 Å². The number of nitrogens with two attached hydrogens (primary N) is 1. The third-order valence-corrected chi connectivity index (χ3v) is 5.06. The number of benzene rings is 1. The third-order valence-electron chi connectivity index (χ3n) is 4.57. The summed E-state index contributed by atoms with van der Waals surface area (Å²) >= 11 is 3.47. The number of nitrogen functional groups attached to an aromatic ring is 1. The van der Waals surface area contributed by atoms with E-state index < -0.39 is 0 Å². The molecule has 2 fully saturated rings. The predicted molar refractivity (Wildman–Crippen MR) is 82.9 cm³/mol. The van der Waals surface area contributed by atoms with Crippen LogP contribution in [0.15, 0.2) is 22.7 Å². The van der Waals surface area contributed by atoms with Crippen LogP contribution in [0.3, 0.4) is 0 Å². The SMILES string of the molecule is N=C(N)c1cc(Br)ccc1N1CCC2CCCCC21. The van der Waals surface area contributed by atoms with Crippen LogP contribution in [0.1, 0.15) is 37.7 Å². The molecule has 1 aliphatic carbocycles. The van der Waals surface area contributed by atoms with E-state index in [4.69, 9.17) is 11.1 Å². The van der Waals surface area contributed by atoms with Crippen molar-refractivity contribution < 1.29 is 0 Å². The molecule has 4 heteroatoms. The molecule has 0 amide bonds. The van der Waals surface area contributed by atoms with Crippen LogP contribution in [0, 0.1) is 11.3 Å². The zero-order valence-electron chi connectivity index (χ0n) is 11.0. The van der Waals surface area contributed by atoms with Crippen molar-refractivity contribution in [1.82, 2.24) is 0 Å². The van der Waals surface area contributed by atoms with Crippen LogP contribution >= 0.6 is 15.9 Å². The molecular weight excluding hydrogens is 302 g/mol. The number of hydrogen-bond donors (Lipinski definition) is 2. The lowest BCUT2D eigenvalue weighted by Gasteiger charge is -2.34. The maximum atomic E-state index is 7.80. The number of rotatable bonds is 2. The molecule has 0 radical (unpaired) electrons. The minimum Gasteiger partial charge on any atom is -0.384 e. The summed E-state index contributed by atoms with van der Waals surface area (Å²) < 4.78 is 0.987. The van der Waals surface area contributed by atoms with Crippen molar-refractivity contribution in [2.45, 2.75) is 38.1 Å². The van der Waals surface area contributed by atoms with Gasteiger partial charge in [-0.15, -0.1) is 0 Å². The molecule has 102 valence electrons. The molecule has 2 atom stereocenters. The van der Waals surface area contributed by atoms with Gasteiger partial charge >= 0.3 is 0 Å². The highest BCUT2D eigenvalue weighted by Gasteiger charge is 2.36. The van der Waals surface area contributed by atoms with Crippen molar-refractivity contribution in [3.8, 4) is 0 Å². The van der Waals surface area contributed by atoms with Crippen molar-refractivity contribution >= 4 is 27.5 Å². The Bertz CT molecular complexity index is 500. The molecule has 1 heterocycles. The summed E-state index contributed by atoms with van der Waals surface area (Å²) in [6.45, 7) is 1.11. The zero-order valence-corrected chi connectivity index (χ0v) is 12.6. The van der Waals surface area contributed by atoms with Crippen LogP contribution in [-0.2, 0) is 0 Å². The van der Waals surface area contributed by atoms with Gasteiger partial charge in [-0.3, -0.25) is 5.41 Å². The van der Waals surface area contributed by atoms with Gasteiger partial charge in [0.25, 0.3) is 0 Å². The van der Waals surface area contributed by atoms with Gasteiger partial charge in [-0.2, -0.15) is 0 Å². The van der Waals surface area contributed by atoms with Crippen molar-refractivity contribution in [1.29, 1.82) is 5.41 Å². The molecule has 2 unspecified atom stereocenters. The second-order valence-corrected chi connectivity index (χ2v) is 6.58. The van der Waals surface area contributed by atoms with Gasteiger partial charge in [-0.25, -0.2) is 0 Å². The first kappa shape index (κ1) is 13.0. The van der Waals surface area contributed by atoms with E-state index in [1.807, 2.05) is 6.07 Å². The molecular formula is C15H20BrN3. The minimum atomic E-state index is 0.163. The molecule has 1 aromatic rings. The van der Waals surface area contributed by atoms with Crippen molar-refractivity contribution in [2.24, 2.45) is 11.7 Å². The highest BCUT2D eigenvalue weighted by atomic mass is 79.9. The molecule has 0 spiro atoms. The molecule has 2 aliphatic rings. The molecule has 1 aliphatic heterocycles. The molecule has 3 N–H and O–H groups in total. The number of nitrogens with zero attached hydrogens (tertiary/aromatic N) is 1. The first-order valence-corrected chi connectivity index (χ1v) is 7.86. The van der Waals surface area contributed by atoms with Gasteiger partial charge in [0.2, 0.25) is 0 Å². The Kier molecular flexibility index (Phi) is 3.52. The number of amidine groups is 1. The smallest absolute Gasteiger partial charge is 0.124 e. The number of halogens is 1.